The zero-order valence-electron chi connectivity index (χ0n) is 11.5. The quantitative estimate of drug-likeness (QED) is 0.896. The van der Waals surface area contributed by atoms with Crippen molar-refractivity contribution >= 4 is 40.6 Å². The van der Waals surface area contributed by atoms with Crippen LogP contribution in [0.3, 0.4) is 0 Å². The van der Waals surface area contributed by atoms with Gasteiger partial charge in [0, 0.05) is 17.1 Å². The van der Waals surface area contributed by atoms with Crippen LogP contribution in [0.5, 0.6) is 0 Å². The number of anilines is 2. The average molecular weight is 325 g/mol. The number of amides is 1. The molecule has 0 unspecified atom stereocenters. The van der Waals surface area contributed by atoms with Crippen LogP contribution in [0.1, 0.15) is 24.3 Å². The van der Waals surface area contributed by atoms with Gasteiger partial charge in [-0.05, 0) is 32.0 Å². The van der Waals surface area contributed by atoms with Gasteiger partial charge in [-0.15, -0.1) is 0 Å². The zero-order valence-corrected chi connectivity index (χ0v) is 13.0. The summed E-state index contributed by atoms with van der Waals surface area (Å²) in [5, 5.41) is 6.66. The molecule has 0 saturated heterocycles. The molecule has 0 aliphatic carbocycles. The second-order valence-electron chi connectivity index (χ2n) is 4.67. The molecule has 0 bridgehead atoms. The first-order valence-electron chi connectivity index (χ1n) is 6.30. The lowest BCUT2D eigenvalue weighted by molar-refractivity contribution is 0.102. The Kier molecular flexibility index (Phi) is 4.98. The number of carbonyl (C=O) groups is 1. The van der Waals surface area contributed by atoms with Gasteiger partial charge in [-0.2, -0.15) is 0 Å². The van der Waals surface area contributed by atoms with E-state index in [0.717, 1.165) is 0 Å². The summed E-state index contributed by atoms with van der Waals surface area (Å²) in [6.07, 6.45) is 1.34. The monoisotopic (exact) mass is 324 g/mol. The van der Waals surface area contributed by atoms with E-state index in [1.807, 2.05) is 13.8 Å². The number of nitrogens with one attached hydrogen (secondary N) is 2. The van der Waals surface area contributed by atoms with E-state index in [-0.39, 0.29) is 17.6 Å². The Labute approximate surface area is 132 Å². The Bertz CT molecular complexity index is 661. The van der Waals surface area contributed by atoms with Crippen molar-refractivity contribution in [1.29, 1.82) is 0 Å². The largest absolute Gasteiger partial charge is 0.368 e. The van der Waals surface area contributed by atoms with Crippen LogP contribution < -0.4 is 10.6 Å². The summed E-state index contributed by atoms with van der Waals surface area (Å²) in [5.41, 5.74) is 0.724. The predicted octanol–water partition coefficient (Wildman–Crippen LogP) is 3.86. The molecule has 0 aliphatic rings. The first-order chi connectivity index (χ1) is 9.95. The van der Waals surface area contributed by atoms with E-state index in [4.69, 9.17) is 23.2 Å². The summed E-state index contributed by atoms with van der Waals surface area (Å²) in [5.74, 6) is 0.223. The van der Waals surface area contributed by atoms with E-state index < -0.39 is 0 Å². The fraction of sp³-hybridized carbons (Fsp3) is 0.214. The van der Waals surface area contributed by atoms with Crippen molar-refractivity contribution in [3.8, 4) is 0 Å². The van der Waals surface area contributed by atoms with Crippen molar-refractivity contribution in [2.45, 2.75) is 19.9 Å². The average Bonchev–Trinajstić information content (AvgIpc) is 2.41. The minimum absolute atomic E-state index is 0.210. The SMILES string of the molecule is CC(C)Nc1cc(C(=O)Nc2ccc(Cl)cc2Cl)ncn1. The van der Waals surface area contributed by atoms with Crippen LogP contribution >= 0.6 is 23.2 Å². The third-order valence-corrected chi connectivity index (χ3v) is 3.06. The van der Waals surface area contributed by atoms with Crippen molar-refractivity contribution in [2.75, 3.05) is 10.6 Å². The molecule has 1 amide bonds. The Morgan fingerprint density at radius 2 is 1.95 bits per heavy atom. The Hall–Kier alpha value is -1.85. The van der Waals surface area contributed by atoms with Gasteiger partial charge >= 0.3 is 0 Å². The van der Waals surface area contributed by atoms with E-state index in [9.17, 15) is 4.79 Å². The molecule has 0 spiro atoms. The minimum atomic E-state index is -0.367. The number of aromatic nitrogens is 2. The standard InChI is InChI=1S/C14H14Cl2N4O/c1-8(2)19-13-6-12(17-7-18-13)14(21)20-11-4-3-9(15)5-10(11)16/h3-8H,1-2H3,(H,20,21)(H,17,18,19). The number of nitrogens with zero attached hydrogens (tertiary/aromatic N) is 2. The maximum atomic E-state index is 12.2. The first-order valence-corrected chi connectivity index (χ1v) is 7.06. The minimum Gasteiger partial charge on any atom is -0.368 e. The topological polar surface area (TPSA) is 66.9 Å². The van der Waals surface area contributed by atoms with Gasteiger partial charge < -0.3 is 10.6 Å². The summed E-state index contributed by atoms with van der Waals surface area (Å²) in [7, 11) is 0. The zero-order chi connectivity index (χ0) is 15.4. The number of halogens is 2. The molecule has 0 fully saturated rings. The van der Waals surface area contributed by atoms with Crippen LogP contribution in [0.15, 0.2) is 30.6 Å². The molecule has 2 aromatic rings. The van der Waals surface area contributed by atoms with Crippen LogP contribution in [-0.4, -0.2) is 21.9 Å². The highest BCUT2D eigenvalue weighted by atomic mass is 35.5. The highest BCUT2D eigenvalue weighted by Gasteiger charge is 2.11. The van der Waals surface area contributed by atoms with Gasteiger partial charge in [0.15, 0.2) is 0 Å². The summed E-state index contributed by atoms with van der Waals surface area (Å²) in [6, 6.07) is 6.64. The van der Waals surface area contributed by atoms with Crippen molar-refractivity contribution in [1.82, 2.24) is 9.97 Å². The van der Waals surface area contributed by atoms with Crippen LogP contribution in [-0.2, 0) is 0 Å². The summed E-state index contributed by atoms with van der Waals surface area (Å²) < 4.78 is 0. The molecule has 110 valence electrons. The number of hydrogen-bond donors (Lipinski definition) is 2. The van der Waals surface area contributed by atoms with E-state index >= 15 is 0 Å². The third kappa shape index (κ3) is 4.31. The van der Waals surface area contributed by atoms with Crippen molar-refractivity contribution in [3.63, 3.8) is 0 Å². The van der Waals surface area contributed by atoms with E-state index in [1.165, 1.54) is 6.33 Å². The normalized spacial score (nSPS) is 10.5. The van der Waals surface area contributed by atoms with Gasteiger partial charge in [0.2, 0.25) is 0 Å². The number of carbonyl (C=O) groups excluding carboxylic acids is 1. The van der Waals surface area contributed by atoms with E-state index in [0.29, 0.717) is 21.6 Å². The lowest BCUT2D eigenvalue weighted by atomic mass is 10.3. The second-order valence-corrected chi connectivity index (χ2v) is 5.51. The van der Waals surface area contributed by atoms with E-state index in [2.05, 4.69) is 20.6 Å². The molecule has 0 radical (unpaired) electrons. The molecule has 0 atom stereocenters. The molecule has 5 nitrogen and oxygen atoms in total. The lowest BCUT2D eigenvalue weighted by Crippen LogP contribution is -2.16. The molecular weight excluding hydrogens is 311 g/mol. The molecule has 2 rings (SSSR count). The fourth-order valence-corrected chi connectivity index (χ4v) is 2.09. The van der Waals surface area contributed by atoms with Gasteiger partial charge in [-0.3, -0.25) is 4.79 Å². The van der Waals surface area contributed by atoms with Crippen LogP contribution in [0.4, 0.5) is 11.5 Å². The van der Waals surface area contributed by atoms with Gasteiger partial charge in [-0.25, -0.2) is 9.97 Å². The van der Waals surface area contributed by atoms with Crippen molar-refractivity contribution < 1.29 is 4.79 Å². The molecule has 21 heavy (non-hydrogen) atoms. The Morgan fingerprint density at radius 1 is 1.19 bits per heavy atom. The third-order valence-electron chi connectivity index (χ3n) is 2.52. The first kappa shape index (κ1) is 15.5. The number of benzene rings is 1. The van der Waals surface area contributed by atoms with E-state index in [1.54, 1.807) is 24.3 Å². The molecule has 7 heteroatoms. The molecule has 1 heterocycles. The molecule has 1 aromatic heterocycles. The van der Waals surface area contributed by atoms with Gasteiger partial charge in [0.1, 0.15) is 17.8 Å². The predicted molar refractivity (Wildman–Crippen MR) is 85.2 cm³/mol. The Morgan fingerprint density at radius 3 is 2.62 bits per heavy atom. The smallest absolute Gasteiger partial charge is 0.274 e. The maximum absolute atomic E-state index is 12.2. The molecule has 1 aromatic carbocycles. The lowest BCUT2D eigenvalue weighted by Gasteiger charge is -2.10. The summed E-state index contributed by atoms with van der Waals surface area (Å²) in [4.78, 5) is 20.2. The molecule has 0 aliphatic heterocycles. The summed E-state index contributed by atoms with van der Waals surface area (Å²) in [6.45, 7) is 3.96. The number of hydrogen-bond acceptors (Lipinski definition) is 4. The van der Waals surface area contributed by atoms with Crippen molar-refractivity contribution in [3.05, 3.63) is 46.3 Å². The van der Waals surface area contributed by atoms with Crippen LogP contribution in [0.25, 0.3) is 0 Å². The second kappa shape index (κ2) is 6.74. The van der Waals surface area contributed by atoms with Crippen molar-refractivity contribution in [2.24, 2.45) is 0 Å². The highest BCUT2D eigenvalue weighted by molar-refractivity contribution is 6.36. The molecule has 0 saturated carbocycles. The number of rotatable bonds is 4. The van der Waals surface area contributed by atoms with Gasteiger partial charge in [-0.1, -0.05) is 23.2 Å². The molecule has 2 N–H and O–H groups in total. The summed E-state index contributed by atoms with van der Waals surface area (Å²) >= 11 is 11.8. The van der Waals surface area contributed by atoms with Gasteiger partial charge in [0.05, 0.1) is 10.7 Å². The highest BCUT2D eigenvalue weighted by Crippen LogP contribution is 2.25. The van der Waals surface area contributed by atoms with Crippen LogP contribution in [0, 0.1) is 0 Å². The maximum Gasteiger partial charge on any atom is 0.274 e. The molecular formula is C14H14Cl2N4O. The fourth-order valence-electron chi connectivity index (χ4n) is 1.63. The van der Waals surface area contributed by atoms with Gasteiger partial charge in [0.25, 0.3) is 5.91 Å². The van der Waals surface area contributed by atoms with Crippen LogP contribution in [0.2, 0.25) is 10.0 Å². The Balaban J connectivity index is 2.16.